The van der Waals surface area contributed by atoms with E-state index in [1.54, 1.807) is 11.6 Å². The van der Waals surface area contributed by atoms with Crippen LogP contribution in [0.4, 0.5) is 10.1 Å². The Morgan fingerprint density at radius 1 is 1.07 bits per heavy atom. The maximum absolute atomic E-state index is 13.0. The fraction of sp³-hybridized carbons (Fsp3) is 0.263. The van der Waals surface area contributed by atoms with Gasteiger partial charge in [-0.05, 0) is 65.2 Å². The molecule has 0 spiro atoms. The van der Waals surface area contributed by atoms with E-state index in [0.717, 1.165) is 5.69 Å². The number of nitrogens with zero attached hydrogens (tertiary/aromatic N) is 4. The van der Waals surface area contributed by atoms with E-state index >= 15 is 0 Å². The number of benzene rings is 2. The largest absolute Gasteiger partial charge is 0.325 e. The van der Waals surface area contributed by atoms with Gasteiger partial charge >= 0.3 is 0 Å². The lowest BCUT2D eigenvalue weighted by Gasteiger charge is -2.12. The third-order valence-electron chi connectivity index (χ3n) is 4.01. The van der Waals surface area contributed by atoms with Gasteiger partial charge in [0.2, 0.25) is 11.1 Å². The zero-order valence-corrected chi connectivity index (χ0v) is 16.1. The van der Waals surface area contributed by atoms with E-state index in [0.29, 0.717) is 16.8 Å². The van der Waals surface area contributed by atoms with Crippen molar-refractivity contribution in [1.29, 1.82) is 0 Å². The van der Waals surface area contributed by atoms with Crippen LogP contribution in [0.3, 0.4) is 0 Å². The Labute approximate surface area is 161 Å². The summed E-state index contributed by atoms with van der Waals surface area (Å²) in [6.45, 7) is 6.04. The fourth-order valence-electron chi connectivity index (χ4n) is 2.40. The molecule has 1 aromatic heterocycles. The molecule has 3 rings (SSSR count). The van der Waals surface area contributed by atoms with Gasteiger partial charge in [0.15, 0.2) is 0 Å². The summed E-state index contributed by atoms with van der Waals surface area (Å²) in [5, 5.41) is 14.6. The van der Waals surface area contributed by atoms with E-state index in [4.69, 9.17) is 0 Å². The summed E-state index contributed by atoms with van der Waals surface area (Å²) in [6.07, 6.45) is 0. The highest BCUT2D eigenvalue weighted by Gasteiger charge is 2.19. The fourth-order valence-corrected chi connectivity index (χ4v) is 3.21. The highest BCUT2D eigenvalue weighted by molar-refractivity contribution is 8.00. The standard InChI is InChI=1S/C19H20FN5OS/c1-12(2)14-4-10-17(11-5-14)25-19(22-23-24-25)27-13(3)18(26)21-16-8-6-15(20)7-9-16/h4-13H,1-3H3,(H,21,26). The normalized spacial score (nSPS) is 12.2. The third-order valence-corrected chi connectivity index (χ3v) is 5.04. The second-order valence-electron chi connectivity index (χ2n) is 6.38. The Hall–Kier alpha value is -2.74. The van der Waals surface area contributed by atoms with Crippen LogP contribution >= 0.6 is 11.8 Å². The van der Waals surface area contributed by atoms with Gasteiger partial charge in [-0.25, -0.2) is 4.39 Å². The summed E-state index contributed by atoms with van der Waals surface area (Å²) >= 11 is 1.25. The molecule has 0 aliphatic carbocycles. The van der Waals surface area contributed by atoms with Crippen molar-refractivity contribution in [2.45, 2.75) is 37.1 Å². The lowest BCUT2D eigenvalue weighted by molar-refractivity contribution is -0.115. The number of halogens is 1. The van der Waals surface area contributed by atoms with Gasteiger partial charge in [0.25, 0.3) is 0 Å². The highest BCUT2D eigenvalue weighted by atomic mass is 32.2. The number of hydrogen-bond donors (Lipinski definition) is 1. The number of nitrogens with one attached hydrogen (secondary N) is 1. The van der Waals surface area contributed by atoms with Crippen LogP contribution in [0.2, 0.25) is 0 Å². The molecule has 0 aliphatic rings. The molecule has 27 heavy (non-hydrogen) atoms. The maximum Gasteiger partial charge on any atom is 0.237 e. The summed E-state index contributed by atoms with van der Waals surface area (Å²) in [5.74, 6) is -0.119. The summed E-state index contributed by atoms with van der Waals surface area (Å²) in [6, 6.07) is 13.6. The van der Waals surface area contributed by atoms with Crippen molar-refractivity contribution >= 4 is 23.4 Å². The van der Waals surface area contributed by atoms with Crippen LogP contribution in [-0.4, -0.2) is 31.4 Å². The quantitative estimate of drug-likeness (QED) is 0.648. The van der Waals surface area contributed by atoms with Crippen molar-refractivity contribution in [1.82, 2.24) is 20.2 Å². The first-order valence-electron chi connectivity index (χ1n) is 8.56. The molecule has 1 amide bonds. The number of carbonyl (C=O) groups excluding carboxylic acids is 1. The molecule has 0 saturated carbocycles. The minimum Gasteiger partial charge on any atom is -0.325 e. The Balaban J connectivity index is 1.69. The molecule has 2 aromatic carbocycles. The molecule has 0 fully saturated rings. The summed E-state index contributed by atoms with van der Waals surface area (Å²) in [7, 11) is 0. The minimum absolute atomic E-state index is 0.212. The van der Waals surface area contributed by atoms with E-state index in [9.17, 15) is 9.18 Å². The van der Waals surface area contributed by atoms with Gasteiger partial charge in [0.05, 0.1) is 10.9 Å². The molecular weight excluding hydrogens is 365 g/mol. The lowest BCUT2D eigenvalue weighted by atomic mass is 10.0. The molecule has 0 radical (unpaired) electrons. The van der Waals surface area contributed by atoms with Crippen LogP contribution in [0, 0.1) is 5.82 Å². The maximum atomic E-state index is 13.0. The highest BCUT2D eigenvalue weighted by Crippen LogP contribution is 2.25. The van der Waals surface area contributed by atoms with Crippen molar-refractivity contribution in [2.75, 3.05) is 5.32 Å². The van der Waals surface area contributed by atoms with E-state index in [1.165, 1.54) is 41.6 Å². The molecule has 0 aliphatic heterocycles. The van der Waals surface area contributed by atoms with Crippen molar-refractivity contribution in [3.8, 4) is 5.69 Å². The monoisotopic (exact) mass is 385 g/mol. The van der Waals surface area contributed by atoms with E-state index in [1.807, 2.05) is 24.3 Å². The topological polar surface area (TPSA) is 72.7 Å². The Morgan fingerprint density at radius 3 is 2.37 bits per heavy atom. The summed E-state index contributed by atoms with van der Waals surface area (Å²) < 4.78 is 14.6. The van der Waals surface area contributed by atoms with Gasteiger partial charge < -0.3 is 5.32 Å². The summed E-state index contributed by atoms with van der Waals surface area (Å²) in [4.78, 5) is 12.4. The molecular formula is C19H20FN5OS. The van der Waals surface area contributed by atoms with Crippen molar-refractivity contribution < 1.29 is 9.18 Å². The molecule has 1 atom stereocenters. The first-order chi connectivity index (χ1) is 12.9. The van der Waals surface area contributed by atoms with Gasteiger partial charge in [0.1, 0.15) is 5.82 Å². The molecule has 8 heteroatoms. The number of amides is 1. The van der Waals surface area contributed by atoms with Crippen LogP contribution in [0.15, 0.2) is 53.7 Å². The third kappa shape index (κ3) is 4.71. The van der Waals surface area contributed by atoms with Gasteiger partial charge in [-0.2, -0.15) is 4.68 Å². The van der Waals surface area contributed by atoms with E-state index in [-0.39, 0.29) is 11.7 Å². The Kier molecular flexibility index (Phi) is 5.85. The van der Waals surface area contributed by atoms with Crippen molar-refractivity contribution in [3.05, 3.63) is 59.9 Å². The number of thioether (sulfide) groups is 1. The van der Waals surface area contributed by atoms with Gasteiger partial charge in [-0.3, -0.25) is 4.79 Å². The van der Waals surface area contributed by atoms with Gasteiger partial charge in [0, 0.05) is 5.69 Å². The average molecular weight is 385 g/mol. The average Bonchev–Trinajstić information content (AvgIpc) is 3.11. The predicted molar refractivity (Wildman–Crippen MR) is 104 cm³/mol. The number of carbonyl (C=O) groups is 1. The summed E-state index contributed by atoms with van der Waals surface area (Å²) in [5.41, 5.74) is 2.60. The second-order valence-corrected chi connectivity index (χ2v) is 7.68. The number of tetrazole rings is 1. The molecule has 140 valence electrons. The smallest absolute Gasteiger partial charge is 0.237 e. The molecule has 0 bridgehead atoms. The molecule has 1 unspecified atom stereocenters. The number of anilines is 1. The molecule has 0 saturated heterocycles. The molecule has 1 heterocycles. The lowest BCUT2D eigenvalue weighted by Crippen LogP contribution is -2.22. The SMILES string of the molecule is CC(Sc1nnnn1-c1ccc(C(C)C)cc1)C(=O)Nc1ccc(F)cc1. The first-order valence-corrected chi connectivity index (χ1v) is 9.44. The Morgan fingerprint density at radius 2 is 1.74 bits per heavy atom. The number of rotatable bonds is 6. The zero-order valence-electron chi connectivity index (χ0n) is 15.3. The number of aromatic nitrogens is 4. The number of hydrogen-bond acceptors (Lipinski definition) is 5. The van der Waals surface area contributed by atoms with Gasteiger partial charge in [-0.1, -0.05) is 37.7 Å². The van der Waals surface area contributed by atoms with Crippen LogP contribution in [-0.2, 0) is 4.79 Å². The Bertz CT molecular complexity index is 909. The van der Waals surface area contributed by atoms with Crippen LogP contribution in [0.5, 0.6) is 0 Å². The molecule has 6 nitrogen and oxygen atoms in total. The second kappa shape index (κ2) is 8.30. The molecule has 1 N–H and O–H groups in total. The van der Waals surface area contributed by atoms with Crippen molar-refractivity contribution in [2.24, 2.45) is 0 Å². The van der Waals surface area contributed by atoms with E-state index < -0.39 is 5.25 Å². The first kappa shape index (κ1) is 19.0. The molecule has 3 aromatic rings. The zero-order chi connectivity index (χ0) is 19.4. The van der Waals surface area contributed by atoms with Crippen molar-refractivity contribution in [3.63, 3.8) is 0 Å². The predicted octanol–water partition coefficient (Wildman–Crippen LogP) is 4.04. The van der Waals surface area contributed by atoms with Gasteiger partial charge in [-0.15, -0.1) is 5.10 Å². The van der Waals surface area contributed by atoms with E-state index in [2.05, 4.69) is 34.7 Å². The van der Waals surface area contributed by atoms with Crippen LogP contribution in [0.25, 0.3) is 5.69 Å². The minimum atomic E-state index is -0.435. The van der Waals surface area contributed by atoms with Crippen LogP contribution in [0.1, 0.15) is 32.3 Å². The van der Waals surface area contributed by atoms with Crippen LogP contribution < -0.4 is 5.32 Å².